The van der Waals surface area contributed by atoms with Crippen molar-refractivity contribution in [1.82, 2.24) is 14.9 Å². The fourth-order valence-electron chi connectivity index (χ4n) is 3.87. The molecule has 29 heavy (non-hydrogen) atoms. The van der Waals surface area contributed by atoms with Gasteiger partial charge >= 0.3 is 6.09 Å². The summed E-state index contributed by atoms with van der Waals surface area (Å²) in [5, 5.41) is 14.1. The van der Waals surface area contributed by atoms with Crippen LogP contribution in [0.15, 0.2) is 41.5 Å². The lowest BCUT2D eigenvalue weighted by Crippen LogP contribution is -2.39. The molecule has 4 rings (SSSR count). The maximum atomic E-state index is 13.1. The lowest BCUT2D eigenvalue weighted by molar-refractivity contribution is 0.176. The highest BCUT2D eigenvalue weighted by molar-refractivity contribution is 6.05. The topological polar surface area (TPSA) is 93.5 Å². The first-order valence-electron chi connectivity index (χ1n) is 9.98. The van der Waals surface area contributed by atoms with Crippen LogP contribution in [-0.4, -0.2) is 33.4 Å². The Kier molecular flexibility index (Phi) is 5.13. The number of nitrogens with one attached hydrogen (secondary N) is 1. The van der Waals surface area contributed by atoms with Gasteiger partial charge in [0.1, 0.15) is 12.4 Å². The van der Waals surface area contributed by atoms with Gasteiger partial charge in [0, 0.05) is 29.9 Å². The molecule has 1 aliphatic carbocycles. The Labute approximate surface area is 168 Å². The van der Waals surface area contributed by atoms with Crippen LogP contribution in [0.25, 0.3) is 21.7 Å². The van der Waals surface area contributed by atoms with Crippen LogP contribution < -0.4 is 15.6 Å². The van der Waals surface area contributed by atoms with Gasteiger partial charge in [-0.05, 0) is 48.8 Å². The van der Waals surface area contributed by atoms with Crippen molar-refractivity contribution in [3.05, 3.63) is 47.0 Å². The van der Waals surface area contributed by atoms with Crippen LogP contribution in [0.5, 0.6) is 5.75 Å². The van der Waals surface area contributed by atoms with Gasteiger partial charge in [-0.1, -0.05) is 13.8 Å². The van der Waals surface area contributed by atoms with Crippen LogP contribution in [0, 0.1) is 5.92 Å². The summed E-state index contributed by atoms with van der Waals surface area (Å²) in [5.74, 6) is 0.965. The number of fused-ring (bicyclic) bond motifs is 3. The Morgan fingerprint density at radius 2 is 2.07 bits per heavy atom. The highest BCUT2D eigenvalue weighted by Crippen LogP contribution is 2.38. The number of amides is 1. The largest absolute Gasteiger partial charge is 0.491 e. The lowest BCUT2D eigenvalue weighted by Gasteiger charge is -2.20. The van der Waals surface area contributed by atoms with Crippen molar-refractivity contribution >= 4 is 27.8 Å². The van der Waals surface area contributed by atoms with Gasteiger partial charge in [-0.15, -0.1) is 0 Å². The van der Waals surface area contributed by atoms with Crippen LogP contribution in [0.1, 0.15) is 39.2 Å². The summed E-state index contributed by atoms with van der Waals surface area (Å²) < 4.78 is 7.79. The molecule has 0 bridgehead atoms. The summed E-state index contributed by atoms with van der Waals surface area (Å²) in [7, 11) is 0. The predicted octanol–water partition coefficient (Wildman–Crippen LogP) is 3.95. The van der Waals surface area contributed by atoms with Gasteiger partial charge in [-0.25, -0.2) is 4.79 Å². The average molecular weight is 395 g/mol. The maximum absolute atomic E-state index is 13.1. The number of ether oxygens (including phenoxy) is 1. The van der Waals surface area contributed by atoms with Crippen molar-refractivity contribution in [2.45, 2.75) is 45.2 Å². The van der Waals surface area contributed by atoms with E-state index in [9.17, 15) is 9.59 Å². The Balaban J connectivity index is 1.70. The summed E-state index contributed by atoms with van der Waals surface area (Å²) in [6.45, 7) is 4.32. The molecule has 2 aromatic heterocycles. The molecule has 1 saturated carbocycles. The molecule has 7 heteroatoms. The third-order valence-corrected chi connectivity index (χ3v) is 5.24. The number of nitrogens with zero attached hydrogens (tertiary/aromatic N) is 2. The monoisotopic (exact) mass is 395 g/mol. The highest BCUT2D eigenvalue weighted by Gasteiger charge is 2.27. The van der Waals surface area contributed by atoms with Crippen molar-refractivity contribution in [2.24, 2.45) is 5.92 Å². The van der Waals surface area contributed by atoms with Gasteiger partial charge in [0.25, 0.3) is 5.56 Å². The summed E-state index contributed by atoms with van der Waals surface area (Å²) in [5.41, 5.74) is 0.825. The molecule has 1 aliphatic rings. The number of rotatable bonds is 7. The first-order chi connectivity index (χ1) is 13.9. The Hall–Kier alpha value is -3.09. The molecule has 2 N–H and O–H groups in total. The molecule has 0 saturated heterocycles. The highest BCUT2D eigenvalue weighted by atomic mass is 16.5. The fourth-order valence-corrected chi connectivity index (χ4v) is 3.87. The van der Waals surface area contributed by atoms with Gasteiger partial charge in [-0.3, -0.25) is 9.78 Å². The zero-order valence-corrected chi connectivity index (χ0v) is 16.6. The molecule has 1 amide bonds. The number of carboxylic acid groups (broad SMARTS) is 1. The van der Waals surface area contributed by atoms with E-state index in [-0.39, 0.29) is 24.2 Å². The van der Waals surface area contributed by atoms with E-state index in [0.29, 0.717) is 23.5 Å². The molecule has 7 nitrogen and oxygen atoms in total. The van der Waals surface area contributed by atoms with Gasteiger partial charge < -0.3 is 19.7 Å². The van der Waals surface area contributed by atoms with Crippen LogP contribution in [0.2, 0.25) is 0 Å². The van der Waals surface area contributed by atoms with E-state index in [0.717, 1.165) is 29.1 Å². The normalized spacial score (nSPS) is 15.0. The van der Waals surface area contributed by atoms with E-state index < -0.39 is 6.09 Å². The summed E-state index contributed by atoms with van der Waals surface area (Å²) >= 11 is 0. The third kappa shape index (κ3) is 4.04. The van der Waals surface area contributed by atoms with Crippen molar-refractivity contribution in [2.75, 3.05) is 6.61 Å². The van der Waals surface area contributed by atoms with Crippen LogP contribution in [-0.2, 0) is 0 Å². The van der Waals surface area contributed by atoms with Crippen molar-refractivity contribution < 1.29 is 14.6 Å². The molecule has 0 spiro atoms. The average Bonchev–Trinajstić information content (AvgIpc) is 3.50. The zero-order chi connectivity index (χ0) is 20.5. The molecule has 0 aliphatic heterocycles. The Morgan fingerprint density at radius 3 is 2.76 bits per heavy atom. The van der Waals surface area contributed by atoms with E-state index in [1.165, 1.54) is 0 Å². The molecule has 1 aromatic carbocycles. The molecule has 2 heterocycles. The van der Waals surface area contributed by atoms with Crippen LogP contribution in [0.3, 0.4) is 0 Å². The number of benzene rings is 1. The second-order valence-electron chi connectivity index (χ2n) is 8.09. The van der Waals surface area contributed by atoms with Crippen molar-refractivity contribution in [3.63, 3.8) is 0 Å². The number of hydrogen-bond acceptors (Lipinski definition) is 4. The predicted molar refractivity (Wildman–Crippen MR) is 112 cm³/mol. The standard InChI is InChI=1S/C22H25N3O4/c1-13(2)9-14(24-22(27)28)12-29-16-5-6-18-17-7-8-23-11-19(17)21(26)25(15-3-4-15)20(18)10-16/h5-8,10-11,13-15,24H,3-4,9,12H2,1-2H3,(H,27,28). The van der Waals surface area contributed by atoms with E-state index >= 15 is 0 Å². The smallest absolute Gasteiger partial charge is 0.404 e. The molecule has 1 unspecified atom stereocenters. The van der Waals surface area contributed by atoms with Crippen molar-refractivity contribution in [1.29, 1.82) is 0 Å². The van der Waals surface area contributed by atoms with Gasteiger partial charge in [-0.2, -0.15) is 0 Å². The molecule has 1 fully saturated rings. The van der Waals surface area contributed by atoms with E-state index in [1.807, 2.05) is 42.7 Å². The Bertz CT molecular complexity index is 1120. The molecule has 1 atom stereocenters. The molecule has 3 aromatic rings. The van der Waals surface area contributed by atoms with E-state index in [2.05, 4.69) is 10.3 Å². The summed E-state index contributed by atoms with van der Waals surface area (Å²) in [4.78, 5) is 28.2. The summed E-state index contributed by atoms with van der Waals surface area (Å²) in [6.07, 6.45) is 4.94. The van der Waals surface area contributed by atoms with Gasteiger partial charge in [0.15, 0.2) is 0 Å². The third-order valence-electron chi connectivity index (χ3n) is 5.24. The minimum atomic E-state index is -1.06. The zero-order valence-electron chi connectivity index (χ0n) is 16.6. The SMILES string of the molecule is CC(C)CC(COc1ccc2c3ccncc3c(=O)n(C3CC3)c2c1)NC(=O)O. The van der Waals surface area contributed by atoms with Gasteiger partial charge in [0.05, 0.1) is 16.9 Å². The first kappa shape index (κ1) is 19.2. The minimum Gasteiger partial charge on any atom is -0.491 e. The quantitative estimate of drug-likeness (QED) is 0.591. The van der Waals surface area contributed by atoms with Crippen molar-refractivity contribution in [3.8, 4) is 5.75 Å². The number of hydrogen-bond donors (Lipinski definition) is 2. The fraction of sp³-hybridized carbons (Fsp3) is 0.409. The van der Waals surface area contributed by atoms with Gasteiger partial charge in [0.2, 0.25) is 0 Å². The minimum absolute atomic E-state index is 0.0227. The molecular weight excluding hydrogens is 370 g/mol. The molecule has 152 valence electrons. The number of pyridine rings is 2. The maximum Gasteiger partial charge on any atom is 0.404 e. The second kappa shape index (κ2) is 7.73. The van der Waals surface area contributed by atoms with Crippen LogP contribution in [0.4, 0.5) is 4.79 Å². The van der Waals surface area contributed by atoms with E-state index in [4.69, 9.17) is 9.84 Å². The Morgan fingerprint density at radius 1 is 1.28 bits per heavy atom. The number of aromatic nitrogens is 2. The lowest BCUT2D eigenvalue weighted by atomic mass is 10.0. The summed E-state index contributed by atoms with van der Waals surface area (Å²) in [6, 6.07) is 7.52. The molecule has 0 radical (unpaired) electrons. The molecular formula is C22H25N3O4. The second-order valence-corrected chi connectivity index (χ2v) is 8.09. The first-order valence-corrected chi connectivity index (χ1v) is 9.98. The van der Waals surface area contributed by atoms with Crippen LogP contribution >= 0.6 is 0 Å². The number of carbonyl (C=O) groups is 1. The van der Waals surface area contributed by atoms with E-state index in [1.54, 1.807) is 12.4 Å².